The van der Waals surface area contributed by atoms with Crippen molar-refractivity contribution in [2.75, 3.05) is 47.1 Å². The summed E-state index contributed by atoms with van der Waals surface area (Å²) in [7, 11) is 3.07. The van der Waals surface area contributed by atoms with Gasteiger partial charge in [0, 0.05) is 19.6 Å². The lowest BCUT2D eigenvalue weighted by Crippen LogP contribution is -2.43. The van der Waals surface area contributed by atoms with E-state index >= 15 is 0 Å². The van der Waals surface area contributed by atoms with Gasteiger partial charge in [0.15, 0.2) is 0 Å². The average molecular weight is 388 g/mol. The van der Waals surface area contributed by atoms with Gasteiger partial charge in [-0.25, -0.2) is 4.39 Å². The molecule has 2 aromatic rings. The molecule has 1 saturated heterocycles. The van der Waals surface area contributed by atoms with Crippen LogP contribution in [0.4, 0.5) is 4.39 Å². The number of methoxy groups -OCH3 is 2. The molecule has 28 heavy (non-hydrogen) atoms. The largest absolute Gasteiger partial charge is 0.497 e. The van der Waals surface area contributed by atoms with Crippen LogP contribution in [0.15, 0.2) is 42.5 Å². The number of halogens is 1. The van der Waals surface area contributed by atoms with Crippen LogP contribution in [0.25, 0.3) is 0 Å². The number of carbonyl (C=O) groups is 1. The van der Waals surface area contributed by atoms with Gasteiger partial charge in [0.1, 0.15) is 17.3 Å². The first-order valence-electron chi connectivity index (χ1n) is 9.20. The fraction of sp³-hybridized carbons (Fsp3) is 0.381. The molecule has 6 nitrogen and oxygen atoms in total. The van der Waals surface area contributed by atoms with Crippen LogP contribution in [0.1, 0.15) is 22.0 Å². The van der Waals surface area contributed by atoms with E-state index in [1.54, 1.807) is 37.4 Å². The third-order valence-electron chi connectivity index (χ3n) is 4.85. The second-order valence-electron chi connectivity index (χ2n) is 6.49. The van der Waals surface area contributed by atoms with Crippen LogP contribution in [0.3, 0.4) is 0 Å². The molecule has 1 N–H and O–H groups in total. The van der Waals surface area contributed by atoms with Crippen LogP contribution in [0.5, 0.6) is 11.5 Å². The highest BCUT2D eigenvalue weighted by Gasteiger charge is 2.24. The van der Waals surface area contributed by atoms with E-state index in [-0.39, 0.29) is 17.8 Å². The Balaban J connectivity index is 1.77. The normalized spacial score (nSPS) is 15.7. The molecular weight excluding hydrogens is 363 g/mol. The maximum atomic E-state index is 13.4. The molecule has 0 aliphatic carbocycles. The zero-order chi connectivity index (χ0) is 19.9. The Morgan fingerprint density at radius 2 is 1.86 bits per heavy atom. The number of hydrogen-bond acceptors (Lipinski definition) is 5. The second-order valence-corrected chi connectivity index (χ2v) is 6.49. The lowest BCUT2D eigenvalue weighted by Gasteiger charge is -2.35. The van der Waals surface area contributed by atoms with Gasteiger partial charge in [0.05, 0.1) is 39.0 Å². The quantitative estimate of drug-likeness (QED) is 0.790. The summed E-state index contributed by atoms with van der Waals surface area (Å²) in [4.78, 5) is 15.1. The SMILES string of the molecule is COc1ccc(OC)c(C(=O)NCC(c2ccc(F)cc2)N2CCOCC2)c1. The van der Waals surface area contributed by atoms with Crippen molar-refractivity contribution in [3.8, 4) is 11.5 Å². The summed E-state index contributed by atoms with van der Waals surface area (Å²) in [6.45, 7) is 3.15. The number of ether oxygens (including phenoxy) is 3. The molecule has 3 rings (SSSR count). The molecule has 0 spiro atoms. The van der Waals surface area contributed by atoms with Crippen molar-refractivity contribution in [2.24, 2.45) is 0 Å². The molecule has 1 unspecified atom stereocenters. The monoisotopic (exact) mass is 388 g/mol. The second kappa shape index (κ2) is 9.52. The Hall–Kier alpha value is -2.64. The van der Waals surface area contributed by atoms with E-state index < -0.39 is 0 Å². The van der Waals surface area contributed by atoms with Gasteiger partial charge in [0.2, 0.25) is 0 Å². The molecular formula is C21H25FN2O4. The van der Waals surface area contributed by atoms with E-state index in [1.165, 1.54) is 19.2 Å². The fourth-order valence-corrected chi connectivity index (χ4v) is 3.31. The molecule has 1 aliphatic rings. The Labute approximate surface area is 164 Å². The topological polar surface area (TPSA) is 60.0 Å². The Bertz CT molecular complexity index is 791. The van der Waals surface area contributed by atoms with E-state index in [0.717, 1.165) is 18.7 Å². The molecule has 1 amide bonds. The number of nitrogens with zero attached hydrogens (tertiary/aromatic N) is 1. The highest BCUT2D eigenvalue weighted by Crippen LogP contribution is 2.25. The van der Waals surface area contributed by atoms with Gasteiger partial charge in [-0.3, -0.25) is 9.69 Å². The highest BCUT2D eigenvalue weighted by atomic mass is 19.1. The standard InChI is InChI=1S/C21H25FN2O4/c1-26-17-7-8-20(27-2)18(13-17)21(25)23-14-19(24-9-11-28-12-10-24)15-3-5-16(22)6-4-15/h3-8,13,19H,9-12,14H2,1-2H3,(H,23,25). The minimum atomic E-state index is -0.283. The van der Waals surface area contributed by atoms with Gasteiger partial charge in [-0.1, -0.05) is 12.1 Å². The van der Waals surface area contributed by atoms with Gasteiger partial charge < -0.3 is 19.5 Å². The third kappa shape index (κ3) is 4.79. The minimum absolute atomic E-state index is 0.0787. The van der Waals surface area contributed by atoms with E-state index in [4.69, 9.17) is 14.2 Å². The predicted octanol–water partition coefficient (Wildman–Crippen LogP) is 2.65. The van der Waals surface area contributed by atoms with Crippen LogP contribution in [-0.2, 0) is 4.74 Å². The molecule has 2 aromatic carbocycles. The van der Waals surface area contributed by atoms with Crippen LogP contribution in [0.2, 0.25) is 0 Å². The van der Waals surface area contributed by atoms with Crippen molar-refractivity contribution in [2.45, 2.75) is 6.04 Å². The number of amides is 1. The van der Waals surface area contributed by atoms with Crippen molar-refractivity contribution in [3.63, 3.8) is 0 Å². The molecule has 1 fully saturated rings. The molecule has 1 aliphatic heterocycles. The maximum absolute atomic E-state index is 13.4. The predicted molar refractivity (Wildman–Crippen MR) is 103 cm³/mol. The van der Waals surface area contributed by atoms with Crippen LogP contribution in [-0.4, -0.2) is 57.9 Å². The Morgan fingerprint density at radius 3 is 2.50 bits per heavy atom. The number of benzene rings is 2. The molecule has 1 atom stereocenters. The molecule has 1 heterocycles. The van der Waals surface area contributed by atoms with E-state index in [2.05, 4.69) is 10.2 Å². The van der Waals surface area contributed by atoms with E-state index in [0.29, 0.717) is 36.8 Å². The third-order valence-corrected chi connectivity index (χ3v) is 4.85. The fourth-order valence-electron chi connectivity index (χ4n) is 3.31. The highest BCUT2D eigenvalue weighted by molar-refractivity contribution is 5.97. The van der Waals surface area contributed by atoms with Crippen molar-refractivity contribution in [3.05, 3.63) is 59.4 Å². The van der Waals surface area contributed by atoms with Crippen LogP contribution >= 0.6 is 0 Å². The number of carbonyl (C=O) groups excluding carboxylic acids is 1. The van der Waals surface area contributed by atoms with Gasteiger partial charge in [0.25, 0.3) is 5.91 Å². The summed E-state index contributed by atoms with van der Waals surface area (Å²) in [5, 5.41) is 2.98. The molecule has 0 aromatic heterocycles. The summed E-state index contributed by atoms with van der Waals surface area (Å²) in [5.41, 5.74) is 1.35. The van der Waals surface area contributed by atoms with Gasteiger partial charge in [-0.15, -0.1) is 0 Å². The number of rotatable bonds is 7. The van der Waals surface area contributed by atoms with Crippen LogP contribution < -0.4 is 14.8 Å². The average Bonchev–Trinajstić information content (AvgIpc) is 2.75. The molecule has 7 heteroatoms. The summed E-state index contributed by atoms with van der Waals surface area (Å²) in [6, 6.07) is 11.4. The Morgan fingerprint density at radius 1 is 1.14 bits per heavy atom. The Kier molecular flexibility index (Phi) is 6.84. The summed E-state index contributed by atoms with van der Waals surface area (Å²) >= 11 is 0. The van der Waals surface area contributed by atoms with Crippen molar-refractivity contribution in [1.29, 1.82) is 0 Å². The first kappa shape index (κ1) is 20.1. The first-order chi connectivity index (χ1) is 13.6. The maximum Gasteiger partial charge on any atom is 0.255 e. The number of hydrogen-bond donors (Lipinski definition) is 1. The molecule has 0 saturated carbocycles. The lowest BCUT2D eigenvalue weighted by atomic mass is 10.0. The van der Waals surface area contributed by atoms with E-state index in [9.17, 15) is 9.18 Å². The molecule has 150 valence electrons. The first-order valence-corrected chi connectivity index (χ1v) is 9.20. The van der Waals surface area contributed by atoms with Gasteiger partial charge >= 0.3 is 0 Å². The lowest BCUT2D eigenvalue weighted by molar-refractivity contribution is 0.0162. The van der Waals surface area contributed by atoms with Gasteiger partial charge in [-0.05, 0) is 35.9 Å². The number of nitrogens with one attached hydrogen (secondary N) is 1. The van der Waals surface area contributed by atoms with Gasteiger partial charge in [-0.2, -0.15) is 0 Å². The number of morpholine rings is 1. The van der Waals surface area contributed by atoms with Crippen LogP contribution in [0, 0.1) is 5.82 Å². The van der Waals surface area contributed by atoms with Crippen molar-refractivity contribution in [1.82, 2.24) is 10.2 Å². The van der Waals surface area contributed by atoms with Crippen molar-refractivity contribution >= 4 is 5.91 Å². The van der Waals surface area contributed by atoms with E-state index in [1.807, 2.05) is 0 Å². The summed E-state index contributed by atoms with van der Waals surface area (Å²) in [6.07, 6.45) is 0. The van der Waals surface area contributed by atoms with Crippen molar-refractivity contribution < 1.29 is 23.4 Å². The zero-order valence-corrected chi connectivity index (χ0v) is 16.1. The molecule has 0 bridgehead atoms. The zero-order valence-electron chi connectivity index (χ0n) is 16.1. The smallest absolute Gasteiger partial charge is 0.255 e. The minimum Gasteiger partial charge on any atom is -0.497 e. The summed E-state index contributed by atoms with van der Waals surface area (Å²) in [5.74, 6) is 0.517. The summed E-state index contributed by atoms with van der Waals surface area (Å²) < 4.78 is 29.3. The molecule has 0 radical (unpaired) electrons.